The fourth-order valence-corrected chi connectivity index (χ4v) is 3.57. The molecule has 0 aromatic carbocycles. The molecular weight excluding hydrogens is 387 g/mol. The van der Waals surface area contributed by atoms with Gasteiger partial charge in [0, 0.05) is 32.7 Å². The lowest BCUT2D eigenvalue weighted by Gasteiger charge is -2.32. The third-order valence-corrected chi connectivity index (χ3v) is 5.88. The molecule has 1 amide bonds. The number of nitrogens with one attached hydrogen (secondary N) is 3. The Kier molecular flexibility index (Phi) is 7.90. The first-order chi connectivity index (χ1) is 12.3. The van der Waals surface area contributed by atoms with Gasteiger partial charge in [-0.15, -0.1) is 0 Å². The van der Waals surface area contributed by atoms with E-state index >= 15 is 0 Å². The normalized spacial score (nSPS) is 18.3. The number of guanidine groups is 1. The Labute approximate surface area is 158 Å². The molecule has 1 saturated heterocycles. The Morgan fingerprint density at radius 1 is 1.22 bits per heavy atom. The lowest BCUT2D eigenvalue weighted by Crippen LogP contribution is -2.52. The molecule has 1 aliphatic heterocycles. The number of hydrogen-bond donors (Lipinski definition) is 3. The van der Waals surface area contributed by atoms with Crippen molar-refractivity contribution >= 4 is 21.9 Å². The van der Waals surface area contributed by atoms with Crippen LogP contribution in [-0.4, -0.2) is 69.4 Å². The molecule has 0 spiro atoms. The second-order valence-corrected chi connectivity index (χ2v) is 8.86. The topological polar surface area (TPSA) is 103 Å². The molecule has 3 N–H and O–H groups in total. The Hall–Kier alpha value is -1.56. The Balaban J connectivity index is 2.71. The summed E-state index contributed by atoms with van der Waals surface area (Å²) in [6.45, 7) is 5.69. The molecule has 12 heteroatoms. The standard InChI is InChI=1S/C15H28F3N5O3S/c1-5-20-13(21-10-14(2,3)12(24)19-4)22-11-6-8-23(9-7-11)27(25,26)15(16,17)18/h11H,5-10H2,1-4H3,(H,19,24)(H2,20,21,22). The van der Waals surface area contributed by atoms with Crippen molar-refractivity contribution in [1.29, 1.82) is 0 Å². The summed E-state index contributed by atoms with van der Waals surface area (Å²) >= 11 is 0. The quantitative estimate of drug-likeness (QED) is 0.436. The minimum atomic E-state index is -5.29. The van der Waals surface area contributed by atoms with E-state index in [4.69, 9.17) is 0 Å². The summed E-state index contributed by atoms with van der Waals surface area (Å²) in [6, 6.07) is -0.217. The number of piperidine rings is 1. The summed E-state index contributed by atoms with van der Waals surface area (Å²) in [7, 11) is -3.75. The molecule has 0 unspecified atom stereocenters. The lowest BCUT2D eigenvalue weighted by atomic mass is 9.93. The number of halogens is 3. The van der Waals surface area contributed by atoms with Crippen LogP contribution < -0.4 is 16.0 Å². The van der Waals surface area contributed by atoms with Crippen molar-refractivity contribution in [3.63, 3.8) is 0 Å². The van der Waals surface area contributed by atoms with E-state index in [1.807, 2.05) is 6.92 Å². The molecule has 0 saturated carbocycles. The molecule has 158 valence electrons. The zero-order valence-electron chi connectivity index (χ0n) is 16.0. The zero-order valence-corrected chi connectivity index (χ0v) is 16.8. The second-order valence-electron chi connectivity index (χ2n) is 6.93. The maximum atomic E-state index is 12.6. The molecule has 1 aliphatic rings. The molecule has 1 fully saturated rings. The van der Waals surface area contributed by atoms with E-state index in [-0.39, 0.29) is 44.4 Å². The van der Waals surface area contributed by atoms with Crippen molar-refractivity contribution in [1.82, 2.24) is 20.3 Å². The van der Waals surface area contributed by atoms with Gasteiger partial charge in [0.1, 0.15) is 0 Å². The molecule has 8 nitrogen and oxygen atoms in total. The zero-order chi connectivity index (χ0) is 20.9. The molecule has 0 aromatic heterocycles. The van der Waals surface area contributed by atoms with Crippen LogP contribution in [0.25, 0.3) is 0 Å². The van der Waals surface area contributed by atoms with Gasteiger partial charge in [-0.1, -0.05) is 0 Å². The van der Waals surface area contributed by atoms with Crippen LogP contribution in [0.2, 0.25) is 0 Å². The molecule has 0 aliphatic carbocycles. The Bertz CT molecular complexity index is 642. The molecule has 1 rings (SSSR count). The first-order valence-electron chi connectivity index (χ1n) is 8.68. The highest BCUT2D eigenvalue weighted by atomic mass is 32.2. The average Bonchev–Trinajstić information content (AvgIpc) is 2.58. The number of carbonyl (C=O) groups excluding carboxylic acids is 1. The van der Waals surface area contributed by atoms with Crippen LogP contribution in [-0.2, 0) is 14.8 Å². The molecule has 0 aromatic rings. The lowest BCUT2D eigenvalue weighted by molar-refractivity contribution is -0.128. The monoisotopic (exact) mass is 415 g/mol. The molecule has 27 heavy (non-hydrogen) atoms. The number of amides is 1. The number of hydrogen-bond acceptors (Lipinski definition) is 4. The van der Waals surface area contributed by atoms with Crippen molar-refractivity contribution in [2.45, 2.75) is 45.2 Å². The Morgan fingerprint density at radius 3 is 2.22 bits per heavy atom. The van der Waals surface area contributed by atoms with Crippen molar-refractivity contribution < 1.29 is 26.4 Å². The number of nitrogens with zero attached hydrogens (tertiary/aromatic N) is 2. The minimum absolute atomic E-state index is 0.159. The van der Waals surface area contributed by atoms with Crippen LogP contribution in [0.15, 0.2) is 4.99 Å². The van der Waals surface area contributed by atoms with Crippen molar-refractivity contribution in [3.8, 4) is 0 Å². The van der Waals surface area contributed by atoms with Crippen molar-refractivity contribution in [3.05, 3.63) is 0 Å². The van der Waals surface area contributed by atoms with Gasteiger partial charge in [-0.25, -0.2) is 8.42 Å². The average molecular weight is 415 g/mol. The number of carbonyl (C=O) groups is 1. The van der Waals surface area contributed by atoms with E-state index in [1.54, 1.807) is 20.9 Å². The summed E-state index contributed by atoms with van der Waals surface area (Å²) in [4.78, 5) is 16.2. The molecule has 0 radical (unpaired) electrons. The van der Waals surface area contributed by atoms with Gasteiger partial charge < -0.3 is 16.0 Å². The summed E-state index contributed by atoms with van der Waals surface area (Å²) in [5.41, 5.74) is -6.00. The van der Waals surface area contributed by atoms with E-state index < -0.39 is 20.9 Å². The maximum absolute atomic E-state index is 12.6. The number of aliphatic imine (C=N–C) groups is 1. The highest BCUT2D eigenvalue weighted by molar-refractivity contribution is 7.90. The van der Waals surface area contributed by atoms with E-state index in [0.717, 1.165) is 0 Å². The van der Waals surface area contributed by atoms with E-state index in [1.165, 1.54) is 0 Å². The van der Waals surface area contributed by atoms with Crippen LogP contribution in [0.1, 0.15) is 33.6 Å². The van der Waals surface area contributed by atoms with Gasteiger partial charge in [-0.05, 0) is 33.6 Å². The fraction of sp³-hybridized carbons (Fsp3) is 0.867. The van der Waals surface area contributed by atoms with Crippen LogP contribution in [0.3, 0.4) is 0 Å². The fourth-order valence-electron chi connectivity index (χ4n) is 2.59. The maximum Gasteiger partial charge on any atom is 0.511 e. The highest BCUT2D eigenvalue weighted by Gasteiger charge is 2.50. The molecule has 0 atom stereocenters. The van der Waals surface area contributed by atoms with E-state index in [0.29, 0.717) is 16.8 Å². The summed E-state index contributed by atoms with van der Waals surface area (Å²) in [5.74, 6) is 0.277. The van der Waals surface area contributed by atoms with Crippen LogP contribution in [0, 0.1) is 5.41 Å². The predicted octanol–water partition coefficient (Wildman–Crippen LogP) is 0.628. The van der Waals surface area contributed by atoms with Crippen molar-refractivity contribution in [2.24, 2.45) is 10.4 Å². The number of alkyl halides is 3. The summed E-state index contributed by atoms with van der Waals surface area (Å²) < 4.78 is 61.2. The summed E-state index contributed by atoms with van der Waals surface area (Å²) in [6.07, 6.45) is 0.442. The first kappa shape index (κ1) is 23.5. The highest BCUT2D eigenvalue weighted by Crippen LogP contribution is 2.28. The third-order valence-electron chi connectivity index (χ3n) is 4.25. The van der Waals surface area contributed by atoms with Gasteiger partial charge in [0.2, 0.25) is 5.91 Å². The van der Waals surface area contributed by atoms with E-state index in [9.17, 15) is 26.4 Å². The predicted molar refractivity (Wildman–Crippen MR) is 96.5 cm³/mol. The molecule has 1 heterocycles. The van der Waals surface area contributed by atoms with Crippen LogP contribution >= 0.6 is 0 Å². The van der Waals surface area contributed by atoms with Gasteiger partial charge in [0.05, 0.1) is 12.0 Å². The van der Waals surface area contributed by atoms with Gasteiger partial charge >= 0.3 is 15.5 Å². The molecular formula is C15H28F3N5O3S. The van der Waals surface area contributed by atoms with Crippen LogP contribution in [0.4, 0.5) is 13.2 Å². The van der Waals surface area contributed by atoms with Gasteiger partial charge in [0.25, 0.3) is 0 Å². The number of sulfonamides is 1. The first-order valence-corrected chi connectivity index (χ1v) is 10.1. The SMILES string of the molecule is CCNC(=NCC(C)(C)C(=O)NC)NC1CCN(S(=O)(=O)C(F)(F)F)CC1. The Morgan fingerprint density at radius 2 is 1.78 bits per heavy atom. The second kappa shape index (κ2) is 9.09. The van der Waals surface area contributed by atoms with Crippen molar-refractivity contribution in [2.75, 3.05) is 33.2 Å². The van der Waals surface area contributed by atoms with Gasteiger partial charge in [-0.3, -0.25) is 9.79 Å². The van der Waals surface area contributed by atoms with Gasteiger partial charge in [-0.2, -0.15) is 17.5 Å². The third kappa shape index (κ3) is 6.23. The minimum Gasteiger partial charge on any atom is -0.359 e. The smallest absolute Gasteiger partial charge is 0.359 e. The van der Waals surface area contributed by atoms with E-state index in [2.05, 4.69) is 20.9 Å². The largest absolute Gasteiger partial charge is 0.511 e. The number of rotatable bonds is 6. The van der Waals surface area contributed by atoms with Gasteiger partial charge in [0.15, 0.2) is 5.96 Å². The van der Waals surface area contributed by atoms with Crippen LogP contribution in [0.5, 0.6) is 0 Å². The summed E-state index contributed by atoms with van der Waals surface area (Å²) in [5, 5.41) is 8.69. The molecule has 0 bridgehead atoms.